The summed E-state index contributed by atoms with van der Waals surface area (Å²) in [6, 6.07) is 5.82. The number of piperazine rings is 1. The SMILES string of the molecule is O=C(C[C@H]1C(=O)NCCN1Cc1ccc(F)cc1)NCCCC1CCCC1. The van der Waals surface area contributed by atoms with Gasteiger partial charge in [0.15, 0.2) is 0 Å². The average Bonchev–Trinajstić information content (AvgIpc) is 3.17. The summed E-state index contributed by atoms with van der Waals surface area (Å²) in [5, 5.41) is 5.82. The van der Waals surface area contributed by atoms with E-state index in [1.165, 1.54) is 44.2 Å². The van der Waals surface area contributed by atoms with Crippen LogP contribution in [0.25, 0.3) is 0 Å². The first-order valence-corrected chi connectivity index (χ1v) is 10.1. The quantitative estimate of drug-likeness (QED) is 0.687. The van der Waals surface area contributed by atoms with Crippen molar-refractivity contribution < 1.29 is 14.0 Å². The molecule has 6 heteroatoms. The number of hydrogen-bond donors (Lipinski definition) is 2. The van der Waals surface area contributed by atoms with Crippen LogP contribution in [-0.4, -0.2) is 42.4 Å². The molecular weight excluding hydrogens is 345 g/mol. The van der Waals surface area contributed by atoms with Gasteiger partial charge < -0.3 is 10.6 Å². The van der Waals surface area contributed by atoms with Crippen LogP contribution in [0.5, 0.6) is 0 Å². The number of rotatable bonds is 8. The van der Waals surface area contributed by atoms with Crippen LogP contribution >= 0.6 is 0 Å². The molecule has 2 aliphatic rings. The molecule has 1 heterocycles. The van der Waals surface area contributed by atoms with Crippen molar-refractivity contribution in [3.63, 3.8) is 0 Å². The Kier molecular flexibility index (Phi) is 7.21. The molecule has 1 aromatic carbocycles. The number of carbonyl (C=O) groups is 2. The summed E-state index contributed by atoms with van der Waals surface area (Å²) < 4.78 is 13.1. The lowest BCUT2D eigenvalue weighted by Gasteiger charge is -2.34. The average molecular weight is 375 g/mol. The van der Waals surface area contributed by atoms with Crippen LogP contribution in [0.2, 0.25) is 0 Å². The van der Waals surface area contributed by atoms with Gasteiger partial charge in [0.1, 0.15) is 5.82 Å². The third-order valence-electron chi connectivity index (χ3n) is 5.71. The number of benzene rings is 1. The molecular formula is C21H30FN3O2. The topological polar surface area (TPSA) is 61.4 Å². The Bertz CT molecular complexity index is 629. The smallest absolute Gasteiger partial charge is 0.237 e. The van der Waals surface area contributed by atoms with Crippen molar-refractivity contribution in [2.45, 2.75) is 57.5 Å². The van der Waals surface area contributed by atoms with Crippen molar-refractivity contribution in [1.29, 1.82) is 0 Å². The third-order valence-corrected chi connectivity index (χ3v) is 5.71. The van der Waals surface area contributed by atoms with Gasteiger partial charge in [0, 0.05) is 26.2 Å². The van der Waals surface area contributed by atoms with E-state index in [0.29, 0.717) is 26.2 Å². The highest BCUT2D eigenvalue weighted by Crippen LogP contribution is 2.28. The Morgan fingerprint density at radius 3 is 2.70 bits per heavy atom. The van der Waals surface area contributed by atoms with E-state index in [4.69, 9.17) is 0 Å². The molecule has 1 saturated carbocycles. The highest BCUT2D eigenvalue weighted by Gasteiger charge is 2.31. The summed E-state index contributed by atoms with van der Waals surface area (Å²) in [6.07, 6.45) is 7.70. The van der Waals surface area contributed by atoms with Crippen LogP contribution in [0.3, 0.4) is 0 Å². The minimum atomic E-state index is -0.473. The van der Waals surface area contributed by atoms with Gasteiger partial charge in [0.2, 0.25) is 11.8 Å². The normalized spacial score (nSPS) is 21.2. The predicted molar refractivity (Wildman–Crippen MR) is 102 cm³/mol. The van der Waals surface area contributed by atoms with E-state index >= 15 is 0 Å². The zero-order valence-corrected chi connectivity index (χ0v) is 15.9. The minimum absolute atomic E-state index is 0.0763. The minimum Gasteiger partial charge on any atom is -0.356 e. The van der Waals surface area contributed by atoms with Gasteiger partial charge in [-0.05, 0) is 36.5 Å². The molecule has 1 aliphatic carbocycles. The Labute approximate surface area is 160 Å². The highest BCUT2D eigenvalue weighted by molar-refractivity contribution is 5.88. The molecule has 0 bridgehead atoms. The lowest BCUT2D eigenvalue weighted by molar-refractivity contribution is -0.134. The Morgan fingerprint density at radius 1 is 1.22 bits per heavy atom. The number of halogens is 1. The van der Waals surface area contributed by atoms with Gasteiger partial charge in [-0.25, -0.2) is 4.39 Å². The van der Waals surface area contributed by atoms with E-state index in [1.54, 1.807) is 12.1 Å². The second-order valence-electron chi connectivity index (χ2n) is 7.75. The number of carbonyl (C=O) groups excluding carboxylic acids is 2. The van der Waals surface area contributed by atoms with Crippen molar-refractivity contribution in [3.05, 3.63) is 35.6 Å². The fraction of sp³-hybridized carbons (Fsp3) is 0.619. The Balaban J connectivity index is 1.46. The molecule has 0 unspecified atom stereocenters. The van der Waals surface area contributed by atoms with Crippen LogP contribution in [0.1, 0.15) is 50.5 Å². The second-order valence-corrected chi connectivity index (χ2v) is 7.75. The van der Waals surface area contributed by atoms with E-state index < -0.39 is 6.04 Å². The molecule has 3 rings (SSSR count). The maximum atomic E-state index is 13.1. The van der Waals surface area contributed by atoms with Crippen molar-refractivity contribution in [3.8, 4) is 0 Å². The zero-order valence-electron chi connectivity index (χ0n) is 15.9. The van der Waals surface area contributed by atoms with Crippen LogP contribution in [0.15, 0.2) is 24.3 Å². The maximum Gasteiger partial charge on any atom is 0.237 e. The first kappa shape index (κ1) is 19.8. The van der Waals surface area contributed by atoms with Crippen molar-refractivity contribution in [2.24, 2.45) is 5.92 Å². The fourth-order valence-electron chi connectivity index (χ4n) is 4.16. The summed E-state index contributed by atoms with van der Waals surface area (Å²) in [6.45, 7) is 2.47. The molecule has 2 amide bonds. The second kappa shape index (κ2) is 9.83. The summed E-state index contributed by atoms with van der Waals surface area (Å²) in [5.74, 6) is 0.373. The van der Waals surface area contributed by atoms with Gasteiger partial charge in [-0.3, -0.25) is 14.5 Å². The molecule has 2 N–H and O–H groups in total. The van der Waals surface area contributed by atoms with Gasteiger partial charge in [0.25, 0.3) is 0 Å². The molecule has 1 aromatic rings. The monoisotopic (exact) mass is 375 g/mol. The van der Waals surface area contributed by atoms with E-state index in [9.17, 15) is 14.0 Å². The molecule has 1 atom stereocenters. The van der Waals surface area contributed by atoms with Gasteiger partial charge in [-0.1, -0.05) is 37.8 Å². The van der Waals surface area contributed by atoms with E-state index in [2.05, 4.69) is 10.6 Å². The summed E-state index contributed by atoms with van der Waals surface area (Å²) >= 11 is 0. The molecule has 5 nitrogen and oxygen atoms in total. The largest absolute Gasteiger partial charge is 0.356 e. The molecule has 148 valence electrons. The summed E-state index contributed by atoms with van der Waals surface area (Å²) in [7, 11) is 0. The number of nitrogens with one attached hydrogen (secondary N) is 2. The summed E-state index contributed by atoms with van der Waals surface area (Å²) in [4.78, 5) is 26.6. The number of nitrogens with zero attached hydrogens (tertiary/aromatic N) is 1. The zero-order chi connectivity index (χ0) is 19.1. The van der Waals surface area contributed by atoms with Gasteiger partial charge in [-0.15, -0.1) is 0 Å². The van der Waals surface area contributed by atoms with Crippen LogP contribution in [-0.2, 0) is 16.1 Å². The van der Waals surface area contributed by atoms with E-state index in [1.807, 2.05) is 4.90 Å². The molecule has 1 aliphatic heterocycles. The summed E-state index contributed by atoms with van der Waals surface area (Å²) in [5.41, 5.74) is 0.938. The Hall–Kier alpha value is -1.95. The van der Waals surface area contributed by atoms with Crippen molar-refractivity contribution >= 4 is 11.8 Å². The van der Waals surface area contributed by atoms with E-state index in [-0.39, 0.29) is 24.1 Å². The molecule has 27 heavy (non-hydrogen) atoms. The number of amides is 2. The van der Waals surface area contributed by atoms with Gasteiger partial charge >= 0.3 is 0 Å². The van der Waals surface area contributed by atoms with Crippen LogP contribution in [0.4, 0.5) is 4.39 Å². The lowest BCUT2D eigenvalue weighted by atomic mass is 10.0. The fourth-order valence-corrected chi connectivity index (χ4v) is 4.16. The van der Waals surface area contributed by atoms with Gasteiger partial charge in [-0.2, -0.15) is 0 Å². The lowest BCUT2D eigenvalue weighted by Crippen LogP contribution is -2.56. The highest BCUT2D eigenvalue weighted by atomic mass is 19.1. The number of hydrogen-bond acceptors (Lipinski definition) is 3. The molecule has 1 saturated heterocycles. The molecule has 0 aromatic heterocycles. The first-order chi connectivity index (χ1) is 13.1. The Morgan fingerprint density at radius 2 is 1.96 bits per heavy atom. The maximum absolute atomic E-state index is 13.1. The molecule has 0 radical (unpaired) electrons. The predicted octanol–water partition coefficient (Wildman–Crippen LogP) is 2.60. The van der Waals surface area contributed by atoms with E-state index in [0.717, 1.165) is 17.9 Å². The van der Waals surface area contributed by atoms with Gasteiger partial charge in [0.05, 0.1) is 12.5 Å². The molecule has 0 spiro atoms. The van der Waals surface area contributed by atoms with Crippen LogP contribution in [0, 0.1) is 11.7 Å². The molecule has 2 fully saturated rings. The standard InChI is InChI=1S/C21H30FN3O2/c22-18-9-7-17(8-10-18)15-25-13-12-24-21(27)19(25)14-20(26)23-11-3-6-16-4-1-2-5-16/h7-10,16,19H,1-6,11-15H2,(H,23,26)(H,24,27)/t19-/m0/s1. The van der Waals surface area contributed by atoms with Crippen molar-refractivity contribution in [1.82, 2.24) is 15.5 Å². The first-order valence-electron chi connectivity index (χ1n) is 10.1. The van der Waals surface area contributed by atoms with Crippen molar-refractivity contribution in [2.75, 3.05) is 19.6 Å². The van der Waals surface area contributed by atoms with Crippen LogP contribution < -0.4 is 10.6 Å². The third kappa shape index (κ3) is 6.03.